The monoisotopic (exact) mass is 196 g/mol. The summed E-state index contributed by atoms with van der Waals surface area (Å²) in [7, 11) is 0. The number of rotatable bonds is 3. The van der Waals surface area contributed by atoms with Crippen LogP contribution in [0.25, 0.3) is 0 Å². The Morgan fingerprint density at radius 1 is 1.07 bits per heavy atom. The van der Waals surface area contributed by atoms with Crippen LogP contribution in [0.2, 0.25) is 0 Å². The lowest BCUT2D eigenvalue weighted by Gasteiger charge is -1.93. The van der Waals surface area contributed by atoms with E-state index in [1.165, 1.54) is 5.56 Å². The van der Waals surface area contributed by atoms with Gasteiger partial charge in [0, 0.05) is 13.2 Å². The van der Waals surface area contributed by atoms with Crippen molar-refractivity contribution in [3.63, 3.8) is 0 Å². The first kappa shape index (κ1) is 13.1. The minimum atomic E-state index is 0.139. The van der Waals surface area contributed by atoms with Gasteiger partial charge in [-0.25, -0.2) is 0 Å². The third-order valence-electron chi connectivity index (χ3n) is 1.71. The predicted molar refractivity (Wildman–Crippen MR) is 59.3 cm³/mol. The molecular formula is C12H20O2. The Balaban J connectivity index is 0.000000292. The SMILES string of the molecule is CCOCC.Cc1ccc(CO)cc1. The number of hydrogen-bond donors (Lipinski definition) is 1. The van der Waals surface area contributed by atoms with Gasteiger partial charge >= 0.3 is 0 Å². The third-order valence-corrected chi connectivity index (χ3v) is 1.71. The molecule has 0 saturated heterocycles. The average Bonchev–Trinajstić information content (AvgIpc) is 2.21. The van der Waals surface area contributed by atoms with Gasteiger partial charge in [0.25, 0.3) is 0 Å². The maximum atomic E-state index is 8.63. The van der Waals surface area contributed by atoms with Gasteiger partial charge in [0.15, 0.2) is 0 Å². The molecule has 1 N–H and O–H groups in total. The number of aliphatic hydroxyl groups is 1. The van der Waals surface area contributed by atoms with Gasteiger partial charge in [0.2, 0.25) is 0 Å². The molecule has 0 saturated carbocycles. The first-order valence-electron chi connectivity index (χ1n) is 4.98. The Hall–Kier alpha value is -0.860. The van der Waals surface area contributed by atoms with Gasteiger partial charge in [-0.05, 0) is 26.3 Å². The molecule has 0 aliphatic heterocycles. The van der Waals surface area contributed by atoms with Crippen molar-refractivity contribution in [3.8, 4) is 0 Å². The standard InChI is InChI=1S/C8H10O.C4H10O/c1-7-2-4-8(6-9)5-3-7;1-3-5-4-2/h2-5,9H,6H2,1H3;3-4H2,1-2H3. The van der Waals surface area contributed by atoms with E-state index in [4.69, 9.17) is 9.84 Å². The molecule has 2 nitrogen and oxygen atoms in total. The number of aliphatic hydroxyl groups excluding tert-OH is 1. The summed E-state index contributed by atoms with van der Waals surface area (Å²) in [6.45, 7) is 7.83. The lowest BCUT2D eigenvalue weighted by molar-refractivity contribution is 0.162. The first-order chi connectivity index (χ1) is 6.74. The molecule has 0 amide bonds. The quantitative estimate of drug-likeness (QED) is 0.805. The Morgan fingerprint density at radius 3 is 1.86 bits per heavy atom. The van der Waals surface area contributed by atoms with E-state index in [0.29, 0.717) is 0 Å². The number of aryl methyl sites for hydroxylation is 1. The van der Waals surface area contributed by atoms with Crippen LogP contribution in [-0.4, -0.2) is 18.3 Å². The van der Waals surface area contributed by atoms with E-state index < -0.39 is 0 Å². The molecule has 0 aromatic heterocycles. The van der Waals surface area contributed by atoms with E-state index in [0.717, 1.165) is 18.8 Å². The van der Waals surface area contributed by atoms with Crippen molar-refractivity contribution >= 4 is 0 Å². The summed E-state index contributed by atoms with van der Waals surface area (Å²) in [5, 5.41) is 8.63. The molecule has 0 spiro atoms. The molecule has 80 valence electrons. The van der Waals surface area contributed by atoms with Gasteiger partial charge in [-0.2, -0.15) is 0 Å². The second kappa shape index (κ2) is 8.73. The molecule has 0 unspecified atom stereocenters. The summed E-state index contributed by atoms with van der Waals surface area (Å²) >= 11 is 0. The average molecular weight is 196 g/mol. The summed E-state index contributed by atoms with van der Waals surface area (Å²) in [5.74, 6) is 0. The highest BCUT2D eigenvalue weighted by molar-refractivity contribution is 5.20. The second-order valence-corrected chi connectivity index (χ2v) is 2.93. The fourth-order valence-electron chi connectivity index (χ4n) is 0.898. The largest absolute Gasteiger partial charge is 0.392 e. The zero-order valence-corrected chi connectivity index (χ0v) is 9.29. The third kappa shape index (κ3) is 6.63. The van der Waals surface area contributed by atoms with E-state index in [1.807, 2.05) is 45.0 Å². The molecule has 0 fully saturated rings. The number of hydrogen-bond acceptors (Lipinski definition) is 2. The smallest absolute Gasteiger partial charge is 0.0681 e. The zero-order chi connectivity index (χ0) is 10.8. The molecule has 0 aliphatic carbocycles. The molecule has 0 radical (unpaired) electrons. The summed E-state index contributed by atoms with van der Waals surface area (Å²) in [6.07, 6.45) is 0. The zero-order valence-electron chi connectivity index (χ0n) is 9.29. The Kier molecular flexibility index (Phi) is 8.19. The van der Waals surface area contributed by atoms with Crippen LogP contribution in [0.5, 0.6) is 0 Å². The highest BCUT2D eigenvalue weighted by Crippen LogP contribution is 2.01. The van der Waals surface area contributed by atoms with Crippen LogP contribution in [0.1, 0.15) is 25.0 Å². The molecule has 0 aliphatic rings. The number of ether oxygens (including phenoxy) is 1. The van der Waals surface area contributed by atoms with Gasteiger partial charge in [0.05, 0.1) is 6.61 Å². The van der Waals surface area contributed by atoms with Gasteiger partial charge in [-0.3, -0.25) is 0 Å². The van der Waals surface area contributed by atoms with Crippen molar-refractivity contribution in [1.29, 1.82) is 0 Å². The van der Waals surface area contributed by atoms with Crippen molar-refractivity contribution in [3.05, 3.63) is 35.4 Å². The van der Waals surface area contributed by atoms with E-state index in [2.05, 4.69) is 0 Å². The summed E-state index contributed by atoms with van der Waals surface area (Å²) in [6, 6.07) is 7.84. The van der Waals surface area contributed by atoms with Gasteiger partial charge in [0.1, 0.15) is 0 Å². The molecule has 14 heavy (non-hydrogen) atoms. The Labute approximate surface area is 86.5 Å². The van der Waals surface area contributed by atoms with Gasteiger partial charge < -0.3 is 9.84 Å². The van der Waals surface area contributed by atoms with Crippen molar-refractivity contribution in [2.45, 2.75) is 27.4 Å². The van der Waals surface area contributed by atoms with E-state index >= 15 is 0 Å². The van der Waals surface area contributed by atoms with E-state index in [9.17, 15) is 0 Å². The molecule has 0 atom stereocenters. The van der Waals surface area contributed by atoms with E-state index in [1.54, 1.807) is 0 Å². The fourth-order valence-corrected chi connectivity index (χ4v) is 0.898. The summed E-state index contributed by atoms with van der Waals surface area (Å²) < 4.78 is 4.83. The van der Waals surface area contributed by atoms with Gasteiger partial charge in [-0.15, -0.1) is 0 Å². The summed E-state index contributed by atoms with van der Waals surface area (Å²) in [5.41, 5.74) is 2.20. The van der Waals surface area contributed by atoms with E-state index in [-0.39, 0.29) is 6.61 Å². The van der Waals surface area contributed by atoms with Crippen LogP contribution in [0.3, 0.4) is 0 Å². The maximum absolute atomic E-state index is 8.63. The highest BCUT2D eigenvalue weighted by atomic mass is 16.5. The molecule has 1 rings (SSSR count). The van der Waals surface area contributed by atoms with Crippen LogP contribution in [0.4, 0.5) is 0 Å². The molecule has 0 bridgehead atoms. The van der Waals surface area contributed by atoms with Crippen LogP contribution < -0.4 is 0 Å². The van der Waals surface area contributed by atoms with Crippen molar-refractivity contribution in [2.24, 2.45) is 0 Å². The molecule has 2 heteroatoms. The predicted octanol–water partition coefficient (Wildman–Crippen LogP) is 2.53. The summed E-state index contributed by atoms with van der Waals surface area (Å²) in [4.78, 5) is 0. The van der Waals surface area contributed by atoms with Crippen LogP contribution in [0, 0.1) is 6.92 Å². The Bertz CT molecular complexity index is 214. The minimum Gasteiger partial charge on any atom is -0.392 e. The first-order valence-corrected chi connectivity index (χ1v) is 4.98. The molecule has 0 heterocycles. The lowest BCUT2D eigenvalue weighted by Crippen LogP contribution is -1.84. The van der Waals surface area contributed by atoms with Crippen molar-refractivity contribution in [2.75, 3.05) is 13.2 Å². The van der Waals surface area contributed by atoms with Crippen LogP contribution >= 0.6 is 0 Å². The topological polar surface area (TPSA) is 29.5 Å². The normalized spacial score (nSPS) is 9.14. The van der Waals surface area contributed by atoms with Crippen molar-refractivity contribution < 1.29 is 9.84 Å². The number of benzene rings is 1. The maximum Gasteiger partial charge on any atom is 0.0681 e. The van der Waals surface area contributed by atoms with Crippen LogP contribution in [0.15, 0.2) is 24.3 Å². The van der Waals surface area contributed by atoms with Crippen molar-refractivity contribution in [1.82, 2.24) is 0 Å². The van der Waals surface area contributed by atoms with Crippen LogP contribution in [-0.2, 0) is 11.3 Å². The second-order valence-electron chi connectivity index (χ2n) is 2.93. The fraction of sp³-hybridized carbons (Fsp3) is 0.500. The molecule has 1 aromatic rings. The highest BCUT2D eigenvalue weighted by Gasteiger charge is 1.85. The lowest BCUT2D eigenvalue weighted by atomic mass is 10.2. The Morgan fingerprint density at radius 2 is 1.57 bits per heavy atom. The molecular weight excluding hydrogens is 176 g/mol. The van der Waals surface area contributed by atoms with Gasteiger partial charge in [-0.1, -0.05) is 29.8 Å². The molecule has 1 aromatic carbocycles. The minimum absolute atomic E-state index is 0.139.